The van der Waals surface area contributed by atoms with Gasteiger partial charge < -0.3 is 10.2 Å². The molecule has 0 saturated carbocycles. The molecule has 27 heavy (non-hydrogen) atoms. The predicted molar refractivity (Wildman–Crippen MR) is 105 cm³/mol. The van der Waals surface area contributed by atoms with Gasteiger partial charge in [0.1, 0.15) is 0 Å². The largest absolute Gasteiger partial charge is 0.369 e. The number of hydrogen-bond donors (Lipinski definition) is 2. The van der Waals surface area contributed by atoms with Gasteiger partial charge in [0.2, 0.25) is 5.91 Å². The average molecular weight is 370 g/mol. The van der Waals surface area contributed by atoms with Crippen LogP contribution in [0.5, 0.6) is 0 Å². The van der Waals surface area contributed by atoms with Gasteiger partial charge in [-0.2, -0.15) is 5.10 Å². The number of imide groups is 1. The summed E-state index contributed by atoms with van der Waals surface area (Å²) in [6.07, 6.45) is 2.53. The van der Waals surface area contributed by atoms with E-state index in [0.717, 1.165) is 30.3 Å². The minimum atomic E-state index is -0.405. The molecule has 3 amide bonds. The second kappa shape index (κ2) is 6.84. The van der Waals surface area contributed by atoms with Crippen LogP contribution in [0.3, 0.4) is 0 Å². The van der Waals surface area contributed by atoms with Crippen LogP contribution in [0.15, 0.2) is 18.2 Å². The third-order valence-corrected chi connectivity index (χ3v) is 5.74. The van der Waals surface area contributed by atoms with Crippen molar-refractivity contribution in [2.75, 3.05) is 29.9 Å². The number of aromatic nitrogens is 2. The first kappa shape index (κ1) is 17.8. The van der Waals surface area contributed by atoms with E-state index in [2.05, 4.69) is 39.7 Å². The van der Waals surface area contributed by atoms with Crippen molar-refractivity contribution in [3.63, 3.8) is 0 Å². The Morgan fingerprint density at radius 3 is 2.78 bits per heavy atom. The fourth-order valence-corrected chi connectivity index (χ4v) is 4.19. The second-order valence-electron chi connectivity index (χ2n) is 7.46. The monoisotopic (exact) mass is 370 g/mol. The highest BCUT2D eigenvalue weighted by Gasteiger charge is 2.29. The van der Waals surface area contributed by atoms with E-state index in [1.807, 2.05) is 24.8 Å². The number of amides is 3. The van der Waals surface area contributed by atoms with Gasteiger partial charge in [0.25, 0.3) is 0 Å². The van der Waals surface area contributed by atoms with Crippen LogP contribution < -0.4 is 20.4 Å². The van der Waals surface area contributed by atoms with Gasteiger partial charge in [-0.3, -0.25) is 19.7 Å². The first-order chi connectivity index (χ1) is 13.0. The number of hydrogen-bond acceptors (Lipinski definition) is 5. The summed E-state index contributed by atoms with van der Waals surface area (Å²) >= 11 is 0. The van der Waals surface area contributed by atoms with Crippen molar-refractivity contribution >= 4 is 34.3 Å². The van der Waals surface area contributed by atoms with Gasteiger partial charge >= 0.3 is 6.03 Å². The number of piperidine rings is 1. The van der Waals surface area contributed by atoms with Crippen molar-refractivity contribution in [2.24, 2.45) is 7.05 Å². The number of rotatable bonds is 3. The zero-order chi connectivity index (χ0) is 19.1. The van der Waals surface area contributed by atoms with Crippen molar-refractivity contribution < 1.29 is 9.59 Å². The lowest BCUT2D eigenvalue weighted by atomic mass is 9.97. The maximum Gasteiger partial charge on any atom is 0.329 e. The first-order valence-corrected chi connectivity index (χ1v) is 9.50. The summed E-state index contributed by atoms with van der Waals surface area (Å²) in [7, 11) is 3.92. The summed E-state index contributed by atoms with van der Waals surface area (Å²) in [4.78, 5) is 27.6. The molecule has 3 heterocycles. The highest BCUT2D eigenvalue weighted by molar-refractivity contribution is 6.09. The Morgan fingerprint density at radius 1 is 1.26 bits per heavy atom. The fourth-order valence-electron chi connectivity index (χ4n) is 4.19. The number of anilines is 2. The van der Waals surface area contributed by atoms with E-state index in [0.29, 0.717) is 30.9 Å². The number of benzene rings is 1. The van der Waals surface area contributed by atoms with Gasteiger partial charge in [-0.25, -0.2) is 4.79 Å². The van der Waals surface area contributed by atoms with Crippen LogP contribution in [-0.2, 0) is 11.8 Å². The zero-order valence-corrected chi connectivity index (χ0v) is 16.0. The number of carbonyl (C=O) groups is 2. The van der Waals surface area contributed by atoms with Crippen LogP contribution >= 0.6 is 0 Å². The molecule has 0 radical (unpaired) electrons. The molecule has 0 unspecified atom stereocenters. The topological polar surface area (TPSA) is 82.5 Å². The molecule has 2 aliphatic rings. The molecule has 0 aliphatic carbocycles. The predicted octanol–water partition coefficient (Wildman–Crippen LogP) is 1.60. The molecule has 8 heteroatoms. The summed E-state index contributed by atoms with van der Waals surface area (Å²) < 4.78 is 1.81. The Morgan fingerprint density at radius 2 is 2.07 bits per heavy atom. The number of nitrogens with one attached hydrogen (secondary N) is 2. The number of carbonyl (C=O) groups excluding carboxylic acids is 2. The molecule has 2 aliphatic heterocycles. The van der Waals surface area contributed by atoms with E-state index in [4.69, 9.17) is 0 Å². The zero-order valence-electron chi connectivity index (χ0n) is 16.0. The van der Waals surface area contributed by atoms with Crippen LogP contribution in [0.4, 0.5) is 16.3 Å². The lowest BCUT2D eigenvalue weighted by Gasteiger charge is -2.39. The van der Waals surface area contributed by atoms with Crippen LogP contribution in [-0.4, -0.2) is 53.9 Å². The molecular weight excluding hydrogens is 344 g/mol. The molecule has 8 nitrogen and oxygen atoms in total. The van der Waals surface area contributed by atoms with Crippen molar-refractivity contribution in [1.82, 2.24) is 20.4 Å². The lowest BCUT2D eigenvalue weighted by molar-refractivity contribution is -0.120. The van der Waals surface area contributed by atoms with Crippen LogP contribution in [0.2, 0.25) is 0 Å². The van der Waals surface area contributed by atoms with Crippen LogP contribution in [0.25, 0.3) is 10.9 Å². The summed E-state index contributed by atoms with van der Waals surface area (Å²) in [6, 6.07) is 6.92. The van der Waals surface area contributed by atoms with E-state index >= 15 is 0 Å². The second-order valence-corrected chi connectivity index (χ2v) is 7.46. The molecule has 144 valence electrons. The summed E-state index contributed by atoms with van der Waals surface area (Å²) in [5.41, 5.74) is 2.16. The van der Waals surface area contributed by atoms with E-state index in [9.17, 15) is 9.59 Å². The lowest BCUT2D eigenvalue weighted by Crippen LogP contribution is -2.49. The minimum absolute atomic E-state index is 0.238. The Kier molecular flexibility index (Phi) is 4.51. The highest BCUT2D eigenvalue weighted by atomic mass is 16.2. The molecule has 4 rings (SSSR count). The van der Waals surface area contributed by atoms with Gasteiger partial charge in [0, 0.05) is 49.7 Å². The highest BCUT2D eigenvalue weighted by Crippen LogP contribution is 2.32. The Labute approximate surface area is 158 Å². The van der Waals surface area contributed by atoms with E-state index in [1.165, 1.54) is 5.69 Å². The molecule has 0 spiro atoms. The normalized spacial score (nSPS) is 23.8. The van der Waals surface area contributed by atoms with Crippen molar-refractivity contribution in [3.8, 4) is 0 Å². The Hall–Kier alpha value is -2.61. The summed E-state index contributed by atoms with van der Waals surface area (Å²) in [5, 5.41) is 11.2. The Bertz CT molecular complexity index is 892. The molecule has 1 aromatic heterocycles. The van der Waals surface area contributed by atoms with Crippen LogP contribution in [0.1, 0.15) is 26.2 Å². The first-order valence-electron chi connectivity index (χ1n) is 9.50. The molecule has 2 fully saturated rings. The third kappa shape index (κ3) is 3.14. The van der Waals surface area contributed by atoms with E-state index < -0.39 is 6.03 Å². The maximum atomic E-state index is 12.2. The van der Waals surface area contributed by atoms with Crippen molar-refractivity contribution in [1.29, 1.82) is 0 Å². The van der Waals surface area contributed by atoms with Gasteiger partial charge in [-0.05, 0) is 45.0 Å². The SMILES string of the molecule is CN[C@@H]1CCN(c2ccc3c(N4CCC(=O)NC4=O)nn(C)c3c2)[C@@H](C)C1. The standard InChI is InChI=1S/C19H26N6O2/c1-12-10-13(20-2)6-8-24(12)14-4-5-15-16(11-14)23(3)22-18(15)25-9-7-17(26)21-19(25)27/h4-5,11-13,20H,6-10H2,1-3H3,(H,21,26,27)/t12-,13+/m0/s1. The van der Waals surface area contributed by atoms with Crippen molar-refractivity contribution in [2.45, 2.75) is 38.3 Å². The number of nitrogens with zero attached hydrogens (tertiary/aromatic N) is 4. The van der Waals surface area contributed by atoms with Gasteiger partial charge in [0.15, 0.2) is 5.82 Å². The molecule has 1 aromatic carbocycles. The van der Waals surface area contributed by atoms with Gasteiger partial charge in [0.05, 0.1) is 5.52 Å². The van der Waals surface area contributed by atoms with Gasteiger partial charge in [-0.1, -0.05) is 0 Å². The number of urea groups is 1. The smallest absolute Gasteiger partial charge is 0.329 e. The molecular formula is C19H26N6O2. The van der Waals surface area contributed by atoms with E-state index in [1.54, 1.807) is 4.90 Å². The quantitative estimate of drug-likeness (QED) is 0.858. The number of aryl methyl sites for hydroxylation is 1. The average Bonchev–Trinajstić information content (AvgIpc) is 2.97. The molecule has 2 atom stereocenters. The van der Waals surface area contributed by atoms with Crippen molar-refractivity contribution in [3.05, 3.63) is 18.2 Å². The molecule has 2 aromatic rings. The maximum absolute atomic E-state index is 12.2. The molecule has 2 saturated heterocycles. The fraction of sp³-hybridized carbons (Fsp3) is 0.526. The summed E-state index contributed by atoms with van der Waals surface area (Å²) in [5.74, 6) is 0.365. The number of fused-ring (bicyclic) bond motifs is 1. The third-order valence-electron chi connectivity index (χ3n) is 5.74. The van der Waals surface area contributed by atoms with Gasteiger partial charge in [-0.15, -0.1) is 0 Å². The molecule has 0 bridgehead atoms. The van der Waals surface area contributed by atoms with Crippen LogP contribution in [0, 0.1) is 0 Å². The molecule has 2 N–H and O–H groups in total. The van der Waals surface area contributed by atoms with E-state index in [-0.39, 0.29) is 5.91 Å². The Balaban J connectivity index is 1.65. The summed E-state index contributed by atoms with van der Waals surface area (Å²) in [6.45, 7) is 3.63. The minimum Gasteiger partial charge on any atom is -0.369 e.